The molecule has 3 aromatic rings. The summed E-state index contributed by atoms with van der Waals surface area (Å²) in [5, 5.41) is 2.89. The molecule has 0 spiro atoms. The number of carbonyl (C=O) groups is 2. The lowest BCUT2D eigenvalue weighted by molar-refractivity contribution is -0.139. The van der Waals surface area contributed by atoms with Gasteiger partial charge in [0.05, 0.1) is 10.6 Å². The smallest absolute Gasteiger partial charge is 0.264 e. The Kier molecular flexibility index (Phi) is 9.86. The minimum Gasteiger partial charge on any atom is -0.352 e. The van der Waals surface area contributed by atoms with Crippen molar-refractivity contribution >= 4 is 27.5 Å². The minimum absolute atomic E-state index is 0.000519. The zero-order chi connectivity index (χ0) is 28.7. The van der Waals surface area contributed by atoms with E-state index in [-0.39, 0.29) is 23.4 Å². The molecule has 1 N–H and O–H groups in total. The molecule has 2 amide bonds. The number of amides is 2. The number of nitrogens with zero attached hydrogens (tertiary/aromatic N) is 2. The maximum atomic E-state index is 13.9. The fraction of sp³-hybridized carbons (Fsp3) is 0.333. The molecule has 2 atom stereocenters. The summed E-state index contributed by atoms with van der Waals surface area (Å²) in [5.74, 6) is -1.35. The largest absolute Gasteiger partial charge is 0.352 e. The number of hydrogen-bond donors (Lipinski definition) is 1. The first-order chi connectivity index (χ1) is 18.4. The molecule has 0 aromatic heterocycles. The van der Waals surface area contributed by atoms with Crippen molar-refractivity contribution in [1.29, 1.82) is 0 Å². The van der Waals surface area contributed by atoms with Gasteiger partial charge in [-0.1, -0.05) is 54.4 Å². The highest BCUT2D eigenvalue weighted by Gasteiger charge is 2.32. The van der Waals surface area contributed by atoms with Crippen LogP contribution < -0.4 is 9.62 Å². The highest BCUT2D eigenvalue weighted by atomic mass is 32.2. The predicted molar refractivity (Wildman–Crippen MR) is 151 cm³/mol. The van der Waals surface area contributed by atoms with Crippen LogP contribution in [0, 0.1) is 19.7 Å². The van der Waals surface area contributed by atoms with Gasteiger partial charge in [0, 0.05) is 12.6 Å². The first-order valence-corrected chi connectivity index (χ1v) is 14.4. The molecule has 0 saturated carbocycles. The number of rotatable bonds is 11. The molecular formula is C30H36FN3O4S. The molecule has 7 nitrogen and oxygen atoms in total. The van der Waals surface area contributed by atoms with Crippen LogP contribution in [0.2, 0.25) is 0 Å². The van der Waals surface area contributed by atoms with Gasteiger partial charge in [0.1, 0.15) is 18.4 Å². The Morgan fingerprint density at radius 2 is 1.41 bits per heavy atom. The summed E-state index contributed by atoms with van der Waals surface area (Å²) in [7, 11) is -4.12. The Balaban J connectivity index is 2.01. The van der Waals surface area contributed by atoms with Gasteiger partial charge >= 0.3 is 0 Å². The van der Waals surface area contributed by atoms with E-state index in [2.05, 4.69) is 5.32 Å². The van der Waals surface area contributed by atoms with Crippen molar-refractivity contribution in [3.63, 3.8) is 0 Å². The fourth-order valence-corrected chi connectivity index (χ4v) is 5.33. The number of hydrogen-bond acceptors (Lipinski definition) is 4. The molecule has 0 heterocycles. The van der Waals surface area contributed by atoms with Crippen LogP contribution >= 0.6 is 0 Å². The van der Waals surface area contributed by atoms with E-state index in [0.29, 0.717) is 17.7 Å². The van der Waals surface area contributed by atoms with Crippen molar-refractivity contribution < 1.29 is 22.4 Å². The Morgan fingerprint density at radius 3 is 1.95 bits per heavy atom. The molecule has 3 rings (SSSR count). The number of anilines is 1. The van der Waals surface area contributed by atoms with Crippen molar-refractivity contribution in [2.75, 3.05) is 10.8 Å². The lowest BCUT2D eigenvalue weighted by Gasteiger charge is -2.32. The van der Waals surface area contributed by atoms with Crippen molar-refractivity contribution in [1.82, 2.24) is 10.2 Å². The van der Waals surface area contributed by atoms with Gasteiger partial charge in [0.25, 0.3) is 10.0 Å². The molecular weight excluding hydrogens is 517 g/mol. The third-order valence-electron chi connectivity index (χ3n) is 6.64. The van der Waals surface area contributed by atoms with E-state index in [9.17, 15) is 22.4 Å². The van der Waals surface area contributed by atoms with Crippen LogP contribution in [0.25, 0.3) is 0 Å². The number of sulfonamides is 1. The monoisotopic (exact) mass is 553 g/mol. The van der Waals surface area contributed by atoms with E-state index >= 15 is 0 Å². The van der Waals surface area contributed by atoms with Crippen LogP contribution in [0.5, 0.6) is 0 Å². The zero-order valence-electron chi connectivity index (χ0n) is 23.0. The van der Waals surface area contributed by atoms with Crippen molar-refractivity contribution in [2.45, 2.75) is 64.6 Å². The summed E-state index contributed by atoms with van der Waals surface area (Å²) < 4.78 is 42.2. The third-order valence-corrected chi connectivity index (χ3v) is 8.43. The molecule has 0 saturated heterocycles. The Hall–Kier alpha value is -3.72. The maximum Gasteiger partial charge on any atom is 0.264 e. The van der Waals surface area contributed by atoms with Crippen molar-refractivity contribution in [2.24, 2.45) is 0 Å². The lowest BCUT2D eigenvalue weighted by atomic mass is 10.1. The molecule has 0 unspecified atom stereocenters. The quantitative estimate of drug-likeness (QED) is 0.363. The molecule has 0 bridgehead atoms. The van der Waals surface area contributed by atoms with E-state index < -0.39 is 34.3 Å². The molecule has 0 radical (unpaired) electrons. The average molecular weight is 554 g/mol. The van der Waals surface area contributed by atoms with Crippen LogP contribution in [-0.4, -0.2) is 43.8 Å². The van der Waals surface area contributed by atoms with Crippen LogP contribution in [0.15, 0.2) is 77.7 Å². The Bertz CT molecular complexity index is 1380. The summed E-state index contributed by atoms with van der Waals surface area (Å²) in [6, 6.07) is 17.9. The van der Waals surface area contributed by atoms with Crippen molar-refractivity contribution in [3.05, 3.63) is 95.3 Å². The molecule has 39 heavy (non-hydrogen) atoms. The topological polar surface area (TPSA) is 86.8 Å². The van der Waals surface area contributed by atoms with Gasteiger partial charge in [-0.3, -0.25) is 13.9 Å². The average Bonchev–Trinajstić information content (AvgIpc) is 2.91. The zero-order valence-corrected chi connectivity index (χ0v) is 23.8. The third kappa shape index (κ3) is 7.66. The van der Waals surface area contributed by atoms with E-state index in [0.717, 1.165) is 15.4 Å². The predicted octanol–water partition coefficient (Wildman–Crippen LogP) is 4.97. The second-order valence-electron chi connectivity index (χ2n) is 9.80. The lowest BCUT2D eigenvalue weighted by Crippen LogP contribution is -2.52. The first kappa shape index (κ1) is 29.8. The molecule has 0 aliphatic carbocycles. The number of carbonyl (C=O) groups excluding carboxylic acids is 2. The molecule has 0 aliphatic heterocycles. The van der Waals surface area contributed by atoms with Crippen LogP contribution in [0.4, 0.5) is 10.1 Å². The fourth-order valence-electron chi connectivity index (χ4n) is 3.91. The number of nitrogens with one attached hydrogen (secondary N) is 1. The normalized spacial score (nSPS) is 12.9. The SMILES string of the molecule is CC[C@@H](C)NC(=O)[C@H](C)N(Cc1ccc(F)cc1)C(=O)CN(c1ccc(C)cc1)S(=O)(=O)c1ccc(C)cc1. The standard InChI is InChI=1S/C30H36FN3O4S/c1-6-23(4)32-30(36)24(5)33(19-25-11-13-26(31)14-12-25)29(35)20-34(27-15-7-21(2)8-16-27)39(37,38)28-17-9-22(3)10-18-28/h7-18,23-24H,6,19-20H2,1-5H3,(H,32,36)/t23-,24+/m1/s1. The number of benzene rings is 3. The minimum atomic E-state index is -4.12. The summed E-state index contributed by atoms with van der Waals surface area (Å²) >= 11 is 0. The summed E-state index contributed by atoms with van der Waals surface area (Å²) in [6.45, 7) is 8.62. The van der Waals surface area contributed by atoms with Crippen LogP contribution in [0.1, 0.15) is 43.9 Å². The highest BCUT2D eigenvalue weighted by molar-refractivity contribution is 7.92. The summed E-state index contributed by atoms with van der Waals surface area (Å²) in [5.41, 5.74) is 2.77. The second-order valence-corrected chi connectivity index (χ2v) is 11.7. The Labute approximate surface area is 230 Å². The van der Waals surface area contributed by atoms with E-state index in [1.807, 2.05) is 27.7 Å². The molecule has 0 fully saturated rings. The van der Waals surface area contributed by atoms with Gasteiger partial charge in [-0.2, -0.15) is 0 Å². The summed E-state index contributed by atoms with van der Waals surface area (Å²) in [4.78, 5) is 28.3. The van der Waals surface area contributed by atoms with Crippen LogP contribution in [0.3, 0.4) is 0 Å². The van der Waals surface area contributed by atoms with E-state index in [4.69, 9.17) is 0 Å². The maximum absolute atomic E-state index is 13.9. The number of halogens is 1. The molecule has 9 heteroatoms. The van der Waals surface area contributed by atoms with Gasteiger partial charge in [0.15, 0.2) is 0 Å². The van der Waals surface area contributed by atoms with E-state index in [1.54, 1.807) is 43.3 Å². The van der Waals surface area contributed by atoms with Crippen molar-refractivity contribution in [3.8, 4) is 0 Å². The van der Waals surface area contributed by atoms with Gasteiger partial charge in [0.2, 0.25) is 11.8 Å². The summed E-state index contributed by atoms with van der Waals surface area (Å²) in [6.07, 6.45) is 0.709. The van der Waals surface area contributed by atoms with E-state index in [1.165, 1.54) is 41.3 Å². The second kappa shape index (κ2) is 12.9. The van der Waals surface area contributed by atoms with Gasteiger partial charge in [-0.25, -0.2) is 12.8 Å². The molecule has 3 aromatic carbocycles. The van der Waals surface area contributed by atoms with Gasteiger partial charge < -0.3 is 10.2 Å². The number of aryl methyl sites for hydroxylation is 2. The molecule has 208 valence electrons. The molecule has 0 aliphatic rings. The Morgan fingerprint density at radius 1 is 0.872 bits per heavy atom. The highest BCUT2D eigenvalue weighted by Crippen LogP contribution is 2.25. The first-order valence-electron chi connectivity index (χ1n) is 12.9. The van der Waals surface area contributed by atoms with Gasteiger partial charge in [-0.15, -0.1) is 0 Å². The van der Waals surface area contributed by atoms with Crippen LogP contribution in [-0.2, 0) is 26.2 Å². The van der Waals surface area contributed by atoms with Gasteiger partial charge in [-0.05, 0) is 76.1 Å².